The highest BCUT2D eigenvalue weighted by Crippen LogP contribution is 2.18. The van der Waals surface area contributed by atoms with Crippen LogP contribution in [0.4, 0.5) is 0 Å². The predicted octanol–water partition coefficient (Wildman–Crippen LogP) is 3.05. The maximum atomic E-state index is 12.6. The maximum absolute atomic E-state index is 12.6. The third kappa shape index (κ3) is 4.32. The van der Waals surface area contributed by atoms with E-state index in [0.29, 0.717) is 30.4 Å². The average Bonchev–Trinajstić information content (AvgIpc) is 2.94. The van der Waals surface area contributed by atoms with E-state index in [2.05, 4.69) is 10.2 Å². The van der Waals surface area contributed by atoms with Crippen molar-refractivity contribution in [2.45, 2.75) is 19.9 Å². The number of aryl methyl sites for hydroxylation is 1. The molecule has 0 radical (unpaired) electrons. The van der Waals surface area contributed by atoms with E-state index in [1.54, 1.807) is 18.1 Å². The number of hydrogen-bond donors (Lipinski definition) is 1. The van der Waals surface area contributed by atoms with Gasteiger partial charge in [-0.3, -0.25) is 9.89 Å². The third-order valence-electron chi connectivity index (χ3n) is 3.31. The quantitative estimate of drug-likeness (QED) is 0.797. The minimum absolute atomic E-state index is 0.111. The van der Waals surface area contributed by atoms with Gasteiger partial charge >= 0.3 is 0 Å². The first-order valence-corrected chi connectivity index (χ1v) is 7.53. The Kier molecular flexibility index (Phi) is 5.98. The van der Waals surface area contributed by atoms with Crippen LogP contribution < -0.4 is 0 Å². The Hall–Kier alpha value is -1.85. The fourth-order valence-corrected chi connectivity index (χ4v) is 2.37. The van der Waals surface area contributed by atoms with Crippen LogP contribution in [0.2, 0.25) is 5.02 Å². The molecule has 1 amide bonds. The van der Waals surface area contributed by atoms with Crippen molar-refractivity contribution < 1.29 is 9.53 Å². The maximum Gasteiger partial charge on any atom is 0.274 e. The van der Waals surface area contributed by atoms with Crippen molar-refractivity contribution in [2.24, 2.45) is 0 Å². The Morgan fingerprint density at radius 1 is 1.41 bits per heavy atom. The number of ether oxygens (including phenoxy) is 1. The van der Waals surface area contributed by atoms with Crippen molar-refractivity contribution >= 4 is 17.5 Å². The lowest BCUT2D eigenvalue weighted by Gasteiger charge is -2.22. The topological polar surface area (TPSA) is 58.2 Å². The lowest BCUT2D eigenvalue weighted by molar-refractivity contribution is 0.0718. The Bertz CT molecular complexity index is 627. The van der Waals surface area contributed by atoms with Gasteiger partial charge in [-0.05, 0) is 31.0 Å². The number of methoxy groups -OCH3 is 1. The highest BCUT2D eigenvalue weighted by Gasteiger charge is 2.19. The number of aromatic amines is 1. The fraction of sp³-hybridized carbons (Fsp3) is 0.375. The highest BCUT2D eigenvalue weighted by molar-refractivity contribution is 6.31. The molecule has 1 aromatic carbocycles. The van der Waals surface area contributed by atoms with E-state index in [0.717, 1.165) is 17.7 Å². The summed E-state index contributed by atoms with van der Waals surface area (Å²) in [4.78, 5) is 14.4. The summed E-state index contributed by atoms with van der Waals surface area (Å²) in [7, 11) is 1.65. The molecule has 0 aliphatic rings. The van der Waals surface area contributed by atoms with Gasteiger partial charge in [-0.25, -0.2) is 0 Å². The second kappa shape index (κ2) is 7.96. The molecule has 0 spiro atoms. The van der Waals surface area contributed by atoms with Crippen LogP contribution in [0.3, 0.4) is 0 Å². The summed E-state index contributed by atoms with van der Waals surface area (Å²) in [5.41, 5.74) is 2.20. The minimum atomic E-state index is -0.111. The second-order valence-electron chi connectivity index (χ2n) is 5.10. The molecule has 6 heteroatoms. The van der Waals surface area contributed by atoms with Crippen LogP contribution in [0, 0.1) is 6.92 Å². The van der Waals surface area contributed by atoms with E-state index < -0.39 is 0 Å². The summed E-state index contributed by atoms with van der Waals surface area (Å²) in [5.74, 6) is -0.111. The number of rotatable bonds is 7. The van der Waals surface area contributed by atoms with Crippen LogP contribution in [0.15, 0.2) is 30.3 Å². The van der Waals surface area contributed by atoms with Crippen LogP contribution >= 0.6 is 11.6 Å². The van der Waals surface area contributed by atoms with Gasteiger partial charge in [0.15, 0.2) is 0 Å². The Morgan fingerprint density at radius 2 is 2.18 bits per heavy atom. The first-order chi connectivity index (χ1) is 10.6. The first-order valence-electron chi connectivity index (χ1n) is 7.15. The van der Waals surface area contributed by atoms with Crippen molar-refractivity contribution in [2.75, 3.05) is 20.3 Å². The molecule has 1 N–H and O–H groups in total. The molecule has 0 saturated carbocycles. The number of benzene rings is 1. The molecule has 0 fully saturated rings. The molecule has 0 atom stereocenters. The standard InChI is InChI=1S/C16H20ClN3O2/c1-12-10-15(19-18-12)16(21)20(8-5-9-22-2)11-13-6-3-4-7-14(13)17/h3-4,6-7,10H,5,8-9,11H2,1-2H3,(H,18,19). The molecule has 1 heterocycles. The van der Waals surface area contributed by atoms with Crippen LogP contribution in [0.5, 0.6) is 0 Å². The van der Waals surface area contributed by atoms with Gasteiger partial charge in [0.05, 0.1) is 0 Å². The number of aromatic nitrogens is 2. The van der Waals surface area contributed by atoms with E-state index in [1.807, 2.05) is 31.2 Å². The lowest BCUT2D eigenvalue weighted by atomic mass is 10.2. The SMILES string of the molecule is COCCCN(Cc1ccccc1Cl)C(=O)c1cc(C)[nH]n1. The number of carbonyl (C=O) groups is 1. The van der Waals surface area contributed by atoms with Gasteiger partial charge in [-0.2, -0.15) is 5.10 Å². The summed E-state index contributed by atoms with van der Waals surface area (Å²) >= 11 is 6.20. The van der Waals surface area contributed by atoms with Crippen molar-refractivity contribution in [3.63, 3.8) is 0 Å². The van der Waals surface area contributed by atoms with Gasteiger partial charge in [-0.15, -0.1) is 0 Å². The molecular weight excluding hydrogens is 302 g/mol. The smallest absolute Gasteiger partial charge is 0.274 e. The zero-order valence-corrected chi connectivity index (χ0v) is 13.6. The summed E-state index contributed by atoms with van der Waals surface area (Å²) in [6.07, 6.45) is 0.760. The number of hydrogen-bond acceptors (Lipinski definition) is 3. The predicted molar refractivity (Wildman–Crippen MR) is 86.0 cm³/mol. The molecule has 0 saturated heterocycles. The van der Waals surface area contributed by atoms with Crippen LogP contribution in [0.1, 0.15) is 28.2 Å². The van der Waals surface area contributed by atoms with E-state index in [9.17, 15) is 4.79 Å². The minimum Gasteiger partial charge on any atom is -0.385 e. The summed E-state index contributed by atoms with van der Waals surface area (Å²) in [6.45, 7) is 3.51. The lowest BCUT2D eigenvalue weighted by Crippen LogP contribution is -2.32. The van der Waals surface area contributed by atoms with Gasteiger partial charge in [-0.1, -0.05) is 29.8 Å². The summed E-state index contributed by atoms with van der Waals surface area (Å²) < 4.78 is 5.07. The summed E-state index contributed by atoms with van der Waals surface area (Å²) in [6, 6.07) is 9.29. The zero-order chi connectivity index (χ0) is 15.9. The highest BCUT2D eigenvalue weighted by atomic mass is 35.5. The molecule has 2 aromatic rings. The van der Waals surface area contributed by atoms with Crippen LogP contribution in [-0.2, 0) is 11.3 Å². The molecule has 1 aromatic heterocycles. The number of nitrogens with one attached hydrogen (secondary N) is 1. The van der Waals surface area contributed by atoms with Crippen molar-refractivity contribution in [3.8, 4) is 0 Å². The normalized spacial score (nSPS) is 10.7. The molecule has 22 heavy (non-hydrogen) atoms. The largest absolute Gasteiger partial charge is 0.385 e. The number of nitrogens with zero attached hydrogens (tertiary/aromatic N) is 2. The number of H-pyrrole nitrogens is 1. The molecule has 2 rings (SSSR count). The third-order valence-corrected chi connectivity index (χ3v) is 3.68. The van der Waals surface area contributed by atoms with Crippen molar-refractivity contribution in [1.29, 1.82) is 0 Å². The van der Waals surface area contributed by atoms with E-state index >= 15 is 0 Å². The number of amides is 1. The molecule has 0 bridgehead atoms. The average molecular weight is 322 g/mol. The molecule has 118 valence electrons. The monoisotopic (exact) mass is 321 g/mol. The second-order valence-corrected chi connectivity index (χ2v) is 5.51. The number of halogens is 1. The Balaban J connectivity index is 2.15. The molecule has 0 aliphatic heterocycles. The zero-order valence-electron chi connectivity index (χ0n) is 12.8. The van der Waals surface area contributed by atoms with Gasteiger partial charge in [0, 0.05) is 37.5 Å². The van der Waals surface area contributed by atoms with Gasteiger partial charge in [0.1, 0.15) is 5.69 Å². The molecule has 0 unspecified atom stereocenters. The van der Waals surface area contributed by atoms with E-state index in [-0.39, 0.29) is 5.91 Å². The van der Waals surface area contributed by atoms with Gasteiger partial charge in [0.2, 0.25) is 0 Å². The van der Waals surface area contributed by atoms with Gasteiger partial charge in [0.25, 0.3) is 5.91 Å². The Morgan fingerprint density at radius 3 is 2.82 bits per heavy atom. The molecular formula is C16H20ClN3O2. The number of carbonyl (C=O) groups excluding carboxylic acids is 1. The molecule has 0 aliphatic carbocycles. The van der Waals surface area contributed by atoms with Gasteiger partial charge < -0.3 is 9.64 Å². The first kappa shape index (κ1) is 16.5. The fourth-order valence-electron chi connectivity index (χ4n) is 2.17. The Labute approximate surface area is 135 Å². The summed E-state index contributed by atoms with van der Waals surface area (Å²) in [5, 5.41) is 7.50. The van der Waals surface area contributed by atoms with Crippen LogP contribution in [-0.4, -0.2) is 41.3 Å². The van der Waals surface area contributed by atoms with Crippen molar-refractivity contribution in [1.82, 2.24) is 15.1 Å². The van der Waals surface area contributed by atoms with E-state index in [4.69, 9.17) is 16.3 Å². The van der Waals surface area contributed by atoms with E-state index in [1.165, 1.54) is 0 Å². The van der Waals surface area contributed by atoms with Crippen LogP contribution in [0.25, 0.3) is 0 Å². The molecule has 5 nitrogen and oxygen atoms in total. The van der Waals surface area contributed by atoms with Crippen molar-refractivity contribution in [3.05, 3.63) is 52.3 Å².